The Kier molecular flexibility index (Phi) is 3.03. The monoisotopic (exact) mass is 241 g/mol. The summed E-state index contributed by atoms with van der Waals surface area (Å²) in [5, 5.41) is 2.54. The molecule has 1 nitrogen and oxygen atoms in total. The Morgan fingerprint density at radius 1 is 1.47 bits per heavy atom. The number of nitrogens with zero attached hydrogens (tertiary/aromatic N) is 1. The molecule has 0 aliphatic rings. The molecule has 0 atom stereocenters. The molecule has 0 amide bonds. The average molecular weight is 242 g/mol. The van der Waals surface area contributed by atoms with Crippen molar-refractivity contribution in [2.45, 2.75) is 12.8 Å². The van der Waals surface area contributed by atoms with Crippen molar-refractivity contribution in [2.75, 3.05) is 0 Å². The lowest BCUT2D eigenvalue weighted by molar-refractivity contribution is 0.622. The van der Waals surface area contributed by atoms with Gasteiger partial charge in [-0.05, 0) is 18.6 Å². The van der Waals surface area contributed by atoms with Crippen LogP contribution in [0.1, 0.15) is 11.3 Å². The molecule has 0 bridgehead atoms. The summed E-state index contributed by atoms with van der Waals surface area (Å²) in [6, 6.07) is 5.31. The van der Waals surface area contributed by atoms with Gasteiger partial charge in [-0.2, -0.15) is 0 Å². The minimum atomic E-state index is -0.201. The maximum atomic E-state index is 13.7. The predicted molar refractivity (Wildman–Crippen MR) is 61.8 cm³/mol. The number of alkyl halides is 1. The number of thiazole rings is 1. The summed E-state index contributed by atoms with van der Waals surface area (Å²) in [6.07, 6.45) is 0. The van der Waals surface area contributed by atoms with Crippen molar-refractivity contribution in [2.24, 2.45) is 0 Å². The van der Waals surface area contributed by atoms with E-state index in [1.165, 1.54) is 11.3 Å². The molecule has 0 aliphatic heterocycles. The Hall–Kier alpha value is -0.930. The summed E-state index contributed by atoms with van der Waals surface area (Å²) >= 11 is 7.06. The van der Waals surface area contributed by atoms with Gasteiger partial charge in [0.25, 0.3) is 0 Å². The number of rotatable bonds is 2. The molecule has 2 rings (SSSR count). The molecule has 0 aliphatic carbocycles. The van der Waals surface area contributed by atoms with Crippen LogP contribution < -0.4 is 0 Å². The average Bonchev–Trinajstić information content (AvgIpc) is 2.70. The maximum Gasteiger partial charge on any atom is 0.136 e. The molecule has 1 aromatic heterocycles. The van der Waals surface area contributed by atoms with Crippen molar-refractivity contribution in [3.05, 3.63) is 40.7 Å². The fraction of sp³-hybridized carbons (Fsp3) is 0.182. The second-order valence-corrected chi connectivity index (χ2v) is 4.34. The van der Waals surface area contributed by atoms with E-state index in [1.54, 1.807) is 19.1 Å². The van der Waals surface area contributed by atoms with Crippen molar-refractivity contribution >= 4 is 22.9 Å². The van der Waals surface area contributed by atoms with Crippen LogP contribution in [-0.4, -0.2) is 4.98 Å². The Labute approximate surface area is 96.5 Å². The van der Waals surface area contributed by atoms with Crippen molar-refractivity contribution < 1.29 is 4.39 Å². The summed E-state index contributed by atoms with van der Waals surface area (Å²) in [4.78, 5) is 4.25. The van der Waals surface area contributed by atoms with E-state index in [0.717, 1.165) is 5.69 Å². The van der Waals surface area contributed by atoms with E-state index in [4.69, 9.17) is 11.6 Å². The Bertz CT molecular complexity index is 481. The highest BCUT2D eigenvalue weighted by molar-refractivity contribution is 7.13. The quantitative estimate of drug-likeness (QED) is 0.725. The lowest BCUT2D eigenvalue weighted by Gasteiger charge is -2.01. The van der Waals surface area contributed by atoms with Crippen LogP contribution in [0.2, 0.25) is 0 Å². The van der Waals surface area contributed by atoms with Gasteiger partial charge in [-0.3, -0.25) is 0 Å². The van der Waals surface area contributed by atoms with Crippen LogP contribution >= 0.6 is 22.9 Å². The second kappa shape index (κ2) is 4.29. The van der Waals surface area contributed by atoms with Gasteiger partial charge < -0.3 is 0 Å². The summed E-state index contributed by atoms with van der Waals surface area (Å²) in [5.41, 5.74) is 1.98. The van der Waals surface area contributed by atoms with E-state index in [0.29, 0.717) is 22.0 Å². The van der Waals surface area contributed by atoms with Gasteiger partial charge in [0.1, 0.15) is 10.8 Å². The first kappa shape index (κ1) is 10.6. The number of aromatic nitrogens is 1. The van der Waals surface area contributed by atoms with Gasteiger partial charge in [0.05, 0.1) is 11.6 Å². The molecule has 0 N–H and O–H groups in total. The number of benzene rings is 1. The molecule has 0 radical (unpaired) electrons. The first-order valence-electron chi connectivity index (χ1n) is 4.48. The van der Waals surface area contributed by atoms with Crippen LogP contribution in [0.3, 0.4) is 0 Å². The smallest absolute Gasteiger partial charge is 0.136 e. The van der Waals surface area contributed by atoms with Crippen LogP contribution in [0, 0.1) is 12.7 Å². The maximum absolute atomic E-state index is 13.7. The van der Waals surface area contributed by atoms with Crippen LogP contribution in [0.5, 0.6) is 0 Å². The molecular formula is C11H9ClFNS. The zero-order chi connectivity index (χ0) is 10.8. The highest BCUT2D eigenvalue weighted by Gasteiger charge is 2.10. The lowest BCUT2D eigenvalue weighted by atomic mass is 10.1. The third-order valence-electron chi connectivity index (χ3n) is 2.11. The zero-order valence-electron chi connectivity index (χ0n) is 8.13. The van der Waals surface area contributed by atoms with E-state index in [2.05, 4.69) is 4.98 Å². The van der Waals surface area contributed by atoms with Gasteiger partial charge in [-0.25, -0.2) is 9.37 Å². The SMILES string of the molecule is Cc1cccc(-c2nc(CCl)cs2)c1F. The number of hydrogen-bond donors (Lipinski definition) is 0. The van der Waals surface area contributed by atoms with Gasteiger partial charge in [0.2, 0.25) is 0 Å². The van der Waals surface area contributed by atoms with Crippen LogP contribution in [0.25, 0.3) is 10.6 Å². The molecule has 15 heavy (non-hydrogen) atoms. The molecule has 4 heteroatoms. The van der Waals surface area contributed by atoms with Crippen LogP contribution in [0.15, 0.2) is 23.6 Å². The molecule has 0 unspecified atom stereocenters. The lowest BCUT2D eigenvalue weighted by Crippen LogP contribution is -1.87. The molecule has 78 valence electrons. The topological polar surface area (TPSA) is 12.9 Å². The van der Waals surface area contributed by atoms with E-state index in [1.807, 2.05) is 11.4 Å². The van der Waals surface area contributed by atoms with Gasteiger partial charge in [0, 0.05) is 10.9 Å². The first-order chi connectivity index (χ1) is 7.22. The fourth-order valence-electron chi connectivity index (χ4n) is 1.30. The Morgan fingerprint density at radius 2 is 2.27 bits per heavy atom. The third kappa shape index (κ3) is 2.03. The Balaban J connectivity index is 2.49. The van der Waals surface area contributed by atoms with Crippen LogP contribution in [0.4, 0.5) is 4.39 Å². The van der Waals surface area contributed by atoms with E-state index < -0.39 is 0 Å². The molecule has 1 heterocycles. The summed E-state index contributed by atoms with van der Waals surface area (Å²) in [6.45, 7) is 1.74. The van der Waals surface area contributed by atoms with Gasteiger partial charge in [-0.1, -0.05) is 12.1 Å². The standard InChI is InChI=1S/C11H9ClFNS/c1-7-3-2-4-9(10(7)13)11-14-8(5-12)6-15-11/h2-4,6H,5H2,1H3. The molecule has 0 saturated carbocycles. The van der Waals surface area contributed by atoms with Gasteiger partial charge in [-0.15, -0.1) is 22.9 Å². The minimum Gasteiger partial charge on any atom is -0.240 e. The fourth-order valence-corrected chi connectivity index (χ4v) is 2.37. The largest absolute Gasteiger partial charge is 0.240 e. The van der Waals surface area contributed by atoms with Crippen LogP contribution in [-0.2, 0) is 5.88 Å². The molecule has 2 aromatic rings. The minimum absolute atomic E-state index is 0.201. The predicted octanol–water partition coefficient (Wildman–Crippen LogP) is 4.00. The highest BCUT2D eigenvalue weighted by atomic mass is 35.5. The molecule has 0 spiro atoms. The number of halogens is 2. The van der Waals surface area contributed by atoms with Gasteiger partial charge in [0.15, 0.2) is 0 Å². The number of hydrogen-bond acceptors (Lipinski definition) is 2. The van der Waals surface area contributed by atoms with Gasteiger partial charge >= 0.3 is 0 Å². The summed E-state index contributed by atoms with van der Waals surface area (Å²) in [7, 11) is 0. The molecule has 0 saturated heterocycles. The van der Waals surface area contributed by atoms with Crippen molar-refractivity contribution in [1.29, 1.82) is 0 Å². The Morgan fingerprint density at radius 3 is 2.93 bits per heavy atom. The molecule has 1 aromatic carbocycles. The molecule has 0 fully saturated rings. The molecular weight excluding hydrogens is 233 g/mol. The van der Waals surface area contributed by atoms with Crippen molar-refractivity contribution in [3.8, 4) is 10.6 Å². The van der Waals surface area contributed by atoms with E-state index >= 15 is 0 Å². The van der Waals surface area contributed by atoms with E-state index in [-0.39, 0.29) is 5.82 Å². The van der Waals surface area contributed by atoms with Crippen molar-refractivity contribution in [3.63, 3.8) is 0 Å². The second-order valence-electron chi connectivity index (χ2n) is 3.21. The normalized spacial score (nSPS) is 10.6. The number of aryl methyl sites for hydroxylation is 1. The first-order valence-corrected chi connectivity index (χ1v) is 5.89. The highest BCUT2D eigenvalue weighted by Crippen LogP contribution is 2.28. The van der Waals surface area contributed by atoms with Crippen molar-refractivity contribution in [1.82, 2.24) is 4.98 Å². The van der Waals surface area contributed by atoms with E-state index in [9.17, 15) is 4.39 Å². The summed E-state index contributed by atoms with van der Waals surface area (Å²) in [5.74, 6) is 0.164. The summed E-state index contributed by atoms with van der Waals surface area (Å²) < 4.78 is 13.7. The zero-order valence-corrected chi connectivity index (χ0v) is 9.70. The third-order valence-corrected chi connectivity index (χ3v) is 3.31.